The van der Waals surface area contributed by atoms with Crippen LogP contribution in [0.2, 0.25) is 0 Å². The third kappa shape index (κ3) is 3.88. The molecule has 2 unspecified atom stereocenters. The number of urea groups is 1. The molecule has 1 N–H and O–H groups in total. The number of hydrogen-bond donors (Lipinski definition) is 1. The molecule has 2 bridgehead atoms. The molecule has 1 saturated heterocycles. The van der Waals surface area contributed by atoms with E-state index in [-0.39, 0.29) is 52.3 Å². The Hall–Kier alpha value is -2.62. The number of sulfone groups is 1. The molecular formula is C26H32F2N4O3S. The van der Waals surface area contributed by atoms with Gasteiger partial charge in [-0.3, -0.25) is 0 Å². The number of likely N-dealkylation sites (tertiary alicyclic amines) is 1. The number of fused-ring (bicyclic) bond motifs is 5. The van der Waals surface area contributed by atoms with Crippen molar-refractivity contribution in [2.45, 2.75) is 50.9 Å². The largest absolute Gasteiger partial charge is 0.337 e. The number of nitrogens with one attached hydrogen (secondary N) is 1. The van der Waals surface area contributed by atoms with Crippen LogP contribution in [-0.2, 0) is 15.3 Å². The molecule has 3 atom stereocenters. The Kier molecular flexibility index (Phi) is 6.08. The number of carbonyl (C=O) groups excluding carboxylic acids is 1. The monoisotopic (exact) mass is 518 g/mol. The summed E-state index contributed by atoms with van der Waals surface area (Å²) >= 11 is 0. The lowest BCUT2D eigenvalue weighted by atomic mass is 9.59. The second-order valence-corrected chi connectivity index (χ2v) is 13.3. The molecule has 2 fully saturated rings. The lowest BCUT2D eigenvalue weighted by Gasteiger charge is -2.48. The van der Waals surface area contributed by atoms with E-state index in [1.807, 2.05) is 6.07 Å². The smallest absolute Gasteiger partial charge is 0.317 e. The van der Waals surface area contributed by atoms with E-state index in [9.17, 15) is 22.0 Å². The van der Waals surface area contributed by atoms with Crippen molar-refractivity contribution in [1.29, 1.82) is 0 Å². The van der Waals surface area contributed by atoms with Gasteiger partial charge in [-0.25, -0.2) is 22.0 Å². The second kappa shape index (κ2) is 8.75. The number of carbonyl (C=O) groups is 1. The molecule has 5 rings (SSSR count). The molecule has 3 aliphatic rings. The number of amides is 2. The highest BCUT2D eigenvalue weighted by Crippen LogP contribution is 2.70. The van der Waals surface area contributed by atoms with Gasteiger partial charge in [-0.05, 0) is 66.7 Å². The first-order valence-electron chi connectivity index (χ1n) is 12.5. The fourth-order valence-electron chi connectivity index (χ4n) is 7.16. The normalized spacial score (nSPS) is 26.6. The van der Waals surface area contributed by atoms with Crippen LogP contribution in [0, 0.1) is 23.0 Å². The van der Waals surface area contributed by atoms with Crippen LogP contribution in [0.5, 0.6) is 0 Å². The molecule has 2 aromatic rings. The molecule has 194 valence electrons. The van der Waals surface area contributed by atoms with Gasteiger partial charge < -0.3 is 10.2 Å². The van der Waals surface area contributed by atoms with Gasteiger partial charge in [-0.1, -0.05) is 19.9 Å². The lowest BCUT2D eigenvalue weighted by molar-refractivity contribution is 0.0679. The molecule has 0 radical (unpaired) electrons. The summed E-state index contributed by atoms with van der Waals surface area (Å²) in [6.45, 7) is 5.72. The molecule has 7 nitrogen and oxygen atoms in total. The quantitative estimate of drug-likeness (QED) is 0.645. The van der Waals surface area contributed by atoms with Gasteiger partial charge in [0, 0.05) is 31.3 Å². The lowest BCUT2D eigenvalue weighted by Crippen LogP contribution is -2.53. The highest BCUT2D eigenvalue weighted by Gasteiger charge is 2.66. The summed E-state index contributed by atoms with van der Waals surface area (Å²) in [7, 11) is -3.16. The van der Waals surface area contributed by atoms with E-state index < -0.39 is 21.5 Å². The van der Waals surface area contributed by atoms with Gasteiger partial charge in [0.2, 0.25) is 0 Å². The highest BCUT2D eigenvalue weighted by molar-refractivity contribution is 7.90. The Morgan fingerprint density at radius 3 is 2.61 bits per heavy atom. The molecular weight excluding hydrogens is 486 g/mol. The van der Waals surface area contributed by atoms with Crippen molar-refractivity contribution in [3.63, 3.8) is 0 Å². The zero-order valence-electron chi connectivity index (χ0n) is 20.9. The summed E-state index contributed by atoms with van der Waals surface area (Å²) < 4.78 is 51.8. The van der Waals surface area contributed by atoms with Crippen molar-refractivity contribution in [2.24, 2.45) is 11.3 Å². The van der Waals surface area contributed by atoms with Crippen molar-refractivity contribution in [2.75, 3.05) is 31.6 Å². The minimum Gasteiger partial charge on any atom is -0.337 e. The van der Waals surface area contributed by atoms with Crippen molar-refractivity contribution in [3.8, 4) is 11.3 Å². The Morgan fingerprint density at radius 2 is 1.92 bits per heavy atom. The van der Waals surface area contributed by atoms with E-state index in [4.69, 9.17) is 0 Å². The first-order chi connectivity index (χ1) is 17.0. The van der Waals surface area contributed by atoms with E-state index >= 15 is 0 Å². The van der Waals surface area contributed by atoms with Crippen LogP contribution in [0.3, 0.4) is 0 Å². The van der Waals surface area contributed by atoms with Crippen molar-refractivity contribution in [3.05, 3.63) is 47.2 Å². The second-order valence-electron chi connectivity index (χ2n) is 11.1. The number of aromatic nitrogens is 2. The van der Waals surface area contributed by atoms with Gasteiger partial charge in [0.15, 0.2) is 0 Å². The van der Waals surface area contributed by atoms with Crippen LogP contribution in [0.25, 0.3) is 11.3 Å². The predicted molar refractivity (Wildman–Crippen MR) is 132 cm³/mol. The summed E-state index contributed by atoms with van der Waals surface area (Å²) in [4.78, 5) is 14.6. The fourth-order valence-corrected chi connectivity index (χ4v) is 7.63. The van der Waals surface area contributed by atoms with Gasteiger partial charge in [0.1, 0.15) is 21.5 Å². The summed E-state index contributed by atoms with van der Waals surface area (Å²) in [5, 5.41) is 11.7. The van der Waals surface area contributed by atoms with E-state index in [2.05, 4.69) is 29.4 Å². The molecule has 36 heavy (non-hydrogen) atoms. The van der Waals surface area contributed by atoms with Crippen molar-refractivity contribution < 1.29 is 22.0 Å². The molecule has 2 amide bonds. The van der Waals surface area contributed by atoms with Gasteiger partial charge in [-0.2, -0.15) is 10.2 Å². The van der Waals surface area contributed by atoms with Gasteiger partial charge in [0.05, 0.1) is 22.7 Å². The van der Waals surface area contributed by atoms with Gasteiger partial charge in [0.25, 0.3) is 0 Å². The summed E-state index contributed by atoms with van der Waals surface area (Å²) in [5.74, 6) is -1.07. The number of rotatable bonds is 5. The highest BCUT2D eigenvalue weighted by atomic mass is 32.2. The Balaban J connectivity index is 1.45. The third-order valence-corrected chi connectivity index (χ3v) is 9.79. The number of nitrogens with zero attached hydrogens (tertiary/aromatic N) is 3. The first kappa shape index (κ1) is 25.0. The minimum atomic E-state index is -3.16. The topological polar surface area (TPSA) is 92.3 Å². The number of hydrogen-bond acceptors (Lipinski definition) is 5. The van der Waals surface area contributed by atoms with Gasteiger partial charge >= 0.3 is 6.03 Å². The molecule has 10 heteroatoms. The van der Waals surface area contributed by atoms with Crippen LogP contribution in [-0.4, -0.2) is 61.2 Å². The molecule has 1 aliphatic heterocycles. The van der Waals surface area contributed by atoms with E-state index in [1.54, 1.807) is 4.90 Å². The van der Waals surface area contributed by atoms with E-state index in [0.717, 1.165) is 43.2 Å². The van der Waals surface area contributed by atoms with Crippen LogP contribution in [0.15, 0.2) is 24.3 Å². The van der Waals surface area contributed by atoms with Crippen LogP contribution < -0.4 is 5.32 Å². The average molecular weight is 519 g/mol. The zero-order chi connectivity index (χ0) is 25.9. The van der Waals surface area contributed by atoms with Crippen LogP contribution in [0.4, 0.5) is 13.6 Å². The number of halogens is 2. The summed E-state index contributed by atoms with van der Waals surface area (Å²) in [5.41, 5.74) is 1.51. The standard InChI is InChI=1S/C26H32F2N4O3S/c1-25(2)18-9-10-26(25,16-6-5-12-32(15-16)24(33)29-11-13-36(3,34)35)23-17(18)14-21(30-31-23)22-19(27)7-4-8-20(22)28/h4,7-8,14,16,18H,5-6,9-13,15H2,1-3H3,(H,29,33)/t16?,18-,26?/m0/s1. The molecule has 1 saturated carbocycles. The SMILES string of the molecule is CC1(C)[C@H]2CCC1(C1CCCN(C(=O)NCCS(C)(=O)=O)C1)c1nnc(-c3c(F)cccc3F)cc12. The maximum Gasteiger partial charge on any atom is 0.317 e. The third-order valence-electron chi connectivity index (χ3n) is 8.84. The van der Waals surface area contributed by atoms with Crippen molar-refractivity contribution in [1.82, 2.24) is 20.4 Å². The summed E-state index contributed by atoms with van der Waals surface area (Å²) in [6, 6.07) is 5.35. The molecule has 1 aromatic heterocycles. The molecule has 0 spiro atoms. The maximum atomic E-state index is 14.5. The Morgan fingerprint density at radius 1 is 1.19 bits per heavy atom. The molecule has 1 aromatic carbocycles. The predicted octanol–water partition coefficient (Wildman–Crippen LogP) is 4.04. The Labute approximate surface area is 210 Å². The fraction of sp³-hybridized carbons (Fsp3) is 0.577. The van der Waals surface area contributed by atoms with Crippen LogP contribution in [0.1, 0.15) is 56.7 Å². The first-order valence-corrected chi connectivity index (χ1v) is 14.5. The Bertz CT molecular complexity index is 1300. The number of benzene rings is 1. The molecule has 2 heterocycles. The van der Waals surface area contributed by atoms with Gasteiger partial charge in [-0.15, -0.1) is 0 Å². The number of piperidine rings is 1. The van der Waals surface area contributed by atoms with Crippen molar-refractivity contribution >= 4 is 15.9 Å². The maximum absolute atomic E-state index is 14.5. The average Bonchev–Trinajstić information content (AvgIpc) is 3.19. The van der Waals surface area contributed by atoms with E-state index in [1.165, 1.54) is 18.2 Å². The zero-order valence-corrected chi connectivity index (χ0v) is 21.7. The van der Waals surface area contributed by atoms with E-state index in [0.29, 0.717) is 13.1 Å². The minimum absolute atomic E-state index is 0.0846. The summed E-state index contributed by atoms with van der Waals surface area (Å²) in [6.07, 6.45) is 4.80. The molecule has 2 aliphatic carbocycles. The van der Waals surface area contributed by atoms with Crippen LogP contribution >= 0.6 is 0 Å².